The van der Waals surface area contributed by atoms with Gasteiger partial charge in [-0.2, -0.15) is 0 Å². The average Bonchev–Trinajstić information content (AvgIpc) is 2.58. The van der Waals surface area contributed by atoms with Crippen molar-refractivity contribution in [2.45, 2.75) is 40.7 Å². The van der Waals surface area contributed by atoms with Crippen molar-refractivity contribution in [3.63, 3.8) is 0 Å². The molecule has 96 valence electrons. The summed E-state index contributed by atoms with van der Waals surface area (Å²) in [5, 5.41) is 3.39. The molecule has 2 rings (SSSR count). The van der Waals surface area contributed by atoms with Gasteiger partial charge in [0.25, 0.3) is 0 Å². The molecule has 0 spiro atoms. The largest absolute Gasteiger partial charge is 0.353 e. The van der Waals surface area contributed by atoms with Gasteiger partial charge in [0.2, 0.25) is 5.95 Å². The van der Waals surface area contributed by atoms with E-state index >= 15 is 0 Å². The van der Waals surface area contributed by atoms with Crippen molar-refractivity contribution < 1.29 is 0 Å². The van der Waals surface area contributed by atoms with E-state index in [9.17, 15) is 0 Å². The van der Waals surface area contributed by atoms with E-state index in [2.05, 4.69) is 67.0 Å². The number of hydrogen-bond acceptors (Lipinski definition) is 2. The van der Waals surface area contributed by atoms with Crippen molar-refractivity contribution in [1.29, 1.82) is 0 Å². The molecule has 0 saturated carbocycles. The first-order valence-electron chi connectivity index (χ1n) is 6.37. The van der Waals surface area contributed by atoms with E-state index in [0.29, 0.717) is 6.04 Å². The van der Waals surface area contributed by atoms with E-state index in [0.717, 1.165) is 11.6 Å². The fraction of sp³-hybridized carbons (Fsp3) is 0.400. The second-order valence-corrected chi connectivity index (χ2v) is 5.16. The molecule has 0 amide bonds. The highest BCUT2D eigenvalue weighted by Crippen LogP contribution is 2.21. The fourth-order valence-corrected chi connectivity index (χ4v) is 2.12. The fourth-order valence-electron chi connectivity index (χ4n) is 2.12. The number of imidazole rings is 1. The Morgan fingerprint density at radius 2 is 1.89 bits per heavy atom. The van der Waals surface area contributed by atoms with Crippen LogP contribution in [0.4, 0.5) is 5.95 Å². The highest BCUT2D eigenvalue weighted by atomic mass is 15.2. The van der Waals surface area contributed by atoms with Gasteiger partial charge in [-0.05, 0) is 46.2 Å². The van der Waals surface area contributed by atoms with E-state index in [1.54, 1.807) is 0 Å². The topological polar surface area (TPSA) is 29.9 Å². The molecular weight excluding hydrogens is 222 g/mol. The van der Waals surface area contributed by atoms with Crippen LogP contribution in [0.15, 0.2) is 24.4 Å². The van der Waals surface area contributed by atoms with Gasteiger partial charge in [-0.15, -0.1) is 0 Å². The summed E-state index contributed by atoms with van der Waals surface area (Å²) in [7, 11) is 0. The first-order valence-corrected chi connectivity index (χ1v) is 6.37. The molecule has 3 heteroatoms. The molecule has 0 atom stereocenters. The van der Waals surface area contributed by atoms with Crippen molar-refractivity contribution >= 4 is 5.95 Å². The molecule has 0 aliphatic carbocycles. The third-order valence-electron chi connectivity index (χ3n) is 2.86. The van der Waals surface area contributed by atoms with Gasteiger partial charge in [-0.1, -0.05) is 17.7 Å². The number of nitrogens with zero attached hydrogens (tertiary/aromatic N) is 2. The molecular formula is C15H21N3. The molecule has 18 heavy (non-hydrogen) atoms. The molecule has 0 aliphatic heterocycles. The third kappa shape index (κ3) is 2.55. The molecule has 0 bridgehead atoms. The number of benzene rings is 1. The van der Waals surface area contributed by atoms with E-state index < -0.39 is 0 Å². The molecule has 0 saturated heterocycles. The zero-order valence-electron chi connectivity index (χ0n) is 11.8. The number of anilines is 1. The summed E-state index contributed by atoms with van der Waals surface area (Å²) in [6, 6.07) is 6.86. The van der Waals surface area contributed by atoms with Crippen LogP contribution >= 0.6 is 0 Å². The Bertz CT molecular complexity index is 553. The van der Waals surface area contributed by atoms with Gasteiger partial charge in [0, 0.05) is 12.2 Å². The van der Waals surface area contributed by atoms with Crippen LogP contribution in [-0.2, 0) is 0 Å². The number of aromatic nitrogens is 2. The second-order valence-electron chi connectivity index (χ2n) is 5.16. The lowest BCUT2D eigenvalue weighted by molar-refractivity contribution is 0.862. The first kappa shape index (κ1) is 12.7. The minimum atomic E-state index is 0.372. The summed E-state index contributed by atoms with van der Waals surface area (Å²) < 4.78 is 2.13. The summed E-state index contributed by atoms with van der Waals surface area (Å²) >= 11 is 0. The van der Waals surface area contributed by atoms with E-state index in [4.69, 9.17) is 0 Å². The SMILES string of the molecule is Cc1ccc(-n2cc(C)nc2NC(C)C)c(C)c1. The van der Waals surface area contributed by atoms with Crippen LogP contribution in [0, 0.1) is 20.8 Å². The molecule has 0 unspecified atom stereocenters. The Kier molecular flexibility index (Phi) is 3.41. The smallest absolute Gasteiger partial charge is 0.207 e. The van der Waals surface area contributed by atoms with Crippen LogP contribution in [-0.4, -0.2) is 15.6 Å². The predicted octanol–water partition coefficient (Wildman–Crippen LogP) is 3.62. The zero-order chi connectivity index (χ0) is 13.3. The van der Waals surface area contributed by atoms with Gasteiger partial charge in [0.1, 0.15) is 0 Å². The molecule has 1 N–H and O–H groups in total. The minimum absolute atomic E-state index is 0.372. The molecule has 0 fully saturated rings. The molecule has 1 aromatic carbocycles. The maximum absolute atomic E-state index is 4.54. The summed E-state index contributed by atoms with van der Waals surface area (Å²) in [6.07, 6.45) is 2.07. The molecule has 0 radical (unpaired) electrons. The quantitative estimate of drug-likeness (QED) is 0.892. The number of nitrogens with one attached hydrogen (secondary N) is 1. The Labute approximate surface area is 109 Å². The molecule has 1 heterocycles. The summed E-state index contributed by atoms with van der Waals surface area (Å²) in [4.78, 5) is 4.54. The zero-order valence-corrected chi connectivity index (χ0v) is 11.8. The van der Waals surface area contributed by atoms with Crippen molar-refractivity contribution in [1.82, 2.24) is 9.55 Å². The van der Waals surface area contributed by atoms with Gasteiger partial charge in [0.15, 0.2) is 0 Å². The predicted molar refractivity (Wildman–Crippen MR) is 76.5 cm³/mol. The summed E-state index contributed by atoms with van der Waals surface area (Å²) in [6.45, 7) is 10.5. The van der Waals surface area contributed by atoms with Gasteiger partial charge < -0.3 is 5.32 Å². The molecule has 1 aromatic heterocycles. The van der Waals surface area contributed by atoms with Gasteiger partial charge in [-0.3, -0.25) is 4.57 Å². The lowest BCUT2D eigenvalue weighted by Gasteiger charge is -2.14. The summed E-state index contributed by atoms with van der Waals surface area (Å²) in [5.74, 6) is 0.912. The number of aryl methyl sites for hydroxylation is 3. The Balaban J connectivity index is 2.49. The minimum Gasteiger partial charge on any atom is -0.353 e. The van der Waals surface area contributed by atoms with Gasteiger partial charge >= 0.3 is 0 Å². The third-order valence-corrected chi connectivity index (χ3v) is 2.86. The van der Waals surface area contributed by atoms with E-state index in [1.165, 1.54) is 16.8 Å². The molecule has 3 nitrogen and oxygen atoms in total. The maximum atomic E-state index is 4.54. The Hall–Kier alpha value is -1.77. The van der Waals surface area contributed by atoms with Crippen LogP contribution < -0.4 is 5.32 Å². The van der Waals surface area contributed by atoms with Gasteiger partial charge in [0.05, 0.1) is 11.4 Å². The average molecular weight is 243 g/mol. The number of hydrogen-bond donors (Lipinski definition) is 1. The van der Waals surface area contributed by atoms with Crippen molar-refractivity contribution in [3.05, 3.63) is 41.2 Å². The maximum Gasteiger partial charge on any atom is 0.207 e. The van der Waals surface area contributed by atoms with Crippen molar-refractivity contribution in [2.24, 2.45) is 0 Å². The Morgan fingerprint density at radius 1 is 1.17 bits per heavy atom. The van der Waals surface area contributed by atoms with Crippen LogP contribution in [0.25, 0.3) is 5.69 Å². The molecule has 0 aliphatic rings. The van der Waals surface area contributed by atoms with Crippen LogP contribution in [0.3, 0.4) is 0 Å². The van der Waals surface area contributed by atoms with Crippen molar-refractivity contribution in [3.8, 4) is 5.69 Å². The van der Waals surface area contributed by atoms with Crippen LogP contribution in [0.1, 0.15) is 30.7 Å². The standard InChI is InChI=1S/C15H21N3/c1-10(2)16-15-17-13(5)9-18(15)14-7-6-11(3)8-12(14)4/h6-10H,1-5H3,(H,16,17). The van der Waals surface area contributed by atoms with E-state index in [1.807, 2.05) is 6.92 Å². The van der Waals surface area contributed by atoms with Crippen molar-refractivity contribution in [2.75, 3.05) is 5.32 Å². The lowest BCUT2D eigenvalue weighted by Crippen LogP contribution is -2.14. The summed E-state index contributed by atoms with van der Waals surface area (Å²) in [5.41, 5.74) is 4.76. The normalized spacial score (nSPS) is 11.0. The first-order chi connectivity index (χ1) is 8.47. The van der Waals surface area contributed by atoms with Crippen LogP contribution in [0.2, 0.25) is 0 Å². The van der Waals surface area contributed by atoms with Crippen LogP contribution in [0.5, 0.6) is 0 Å². The highest BCUT2D eigenvalue weighted by molar-refractivity contribution is 5.49. The van der Waals surface area contributed by atoms with Gasteiger partial charge in [-0.25, -0.2) is 4.98 Å². The van der Waals surface area contributed by atoms with E-state index in [-0.39, 0.29) is 0 Å². The number of rotatable bonds is 3. The lowest BCUT2D eigenvalue weighted by atomic mass is 10.1. The molecule has 2 aromatic rings. The highest BCUT2D eigenvalue weighted by Gasteiger charge is 2.10. The second kappa shape index (κ2) is 4.84. The Morgan fingerprint density at radius 3 is 2.50 bits per heavy atom. The monoisotopic (exact) mass is 243 g/mol.